The first-order valence-corrected chi connectivity index (χ1v) is 19.4. The average molecular weight is 719 g/mol. The minimum absolute atomic E-state index is 0.731. The molecule has 0 aliphatic rings. The van der Waals surface area contributed by atoms with E-state index in [4.69, 9.17) is 9.97 Å². The summed E-state index contributed by atoms with van der Waals surface area (Å²) in [6.45, 7) is 0. The van der Waals surface area contributed by atoms with E-state index in [9.17, 15) is 0 Å². The van der Waals surface area contributed by atoms with Gasteiger partial charge in [0.15, 0.2) is 5.82 Å². The normalized spacial score (nSPS) is 11.3. The molecule has 8 aromatic carbocycles. The molecule has 0 saturated heterocycles. The van der Waals surface area contributed by atoms with Gasteiger partial charge in [0, 0.05) is 26.6 Å². The Hall–Kier alpha value is -6.94. The molecule has 0 radical (unpaired) electrons. The minimum atomic E-state index is 0.731. The number of hydrogen-bond acceptors (Lipinski definition) is 3. The minimum Gasteiger partial charge on any atom is -0.227 e. The molecule has 0 aliphatic carbocycles. The zero-order valence-corrected chi connectivity index (χ0v) is 30.7. The summed E-state index contributed by atoms with van der Waals surface area (Å²) in [5, 5.41) is 2.31. The smallest absolute Gasteiger partial charge is 0.161 e. The maximum atomic E-state index is 5.26. The number of benzene rings is 8. The fraction of sp³-hybridized carbons (Fsp3) is 0. The van der Waals surface area contributed by atoms with Crippen molar-refractivity contribution in [2.45, 2.75) is 0 Å². The van der Waals surface area contributed by atoms with Crippen LogP contribution in [-0.2, 0) is 0 Å². The van der Waals surface area contributed by atoms with E-state index in [1.54, 1.807) is 11.3 Å². The molecule has 0 fully saturated rings. The van der Waals surface area contributed by atoms with Gasteiger partial charge in [-0.05, 0) is 92.0 Å². The van der Waals surface area contributed by atoms with E-state index in [1.165, 1.54) is 49.0 Å². The Labute approximate surface area is 324 Å². The average Bonchev–Trinajstić information content (AvgIpc) is 3.66. The number of nitrogens with zero attached hydrogens (tertiary/aromatic N) is 2. The zero-order chi connectivity index (χ0) is 36.6. The molecule has 2 aromatic heterocycles. The molecular formula is C52H34N2S. The van der Waals surface area contributed by atoms with Gasteiger partial charge in [-0.25, -0.2) is 9.97 Å². The van der Waals surface area contributed by atoms with Crippen molar-refractivity contribution < 1.29 is 0 Å². The van der Waals surface area contributed by atoms with Gasteiger partial charge >= 0.3 is 0 Å². The summed E-state index contributed by atoms with van der Waals surface area (Å²) in [6, 6.07) is 73.6. The molecule has 0 spiro atoms. The summed E-state index contributed by atoms with van der Waals surface area (Å²) in [6.07, 6.45) is 0. The lowest BCUT2D eigenvalue weighted by Gasteiger charge is -2.13. The molecule has 0 aliphatic heterocycles. The Morgan fingerprint density at radius 3 is 1.31 bits per heavy atom. The van der Waals surface area contributed by atoms with Gasteiger partial charge in [-0.2, -0.15) is 0 Å². The Bertz CT molecular complexity index is 2950. The maximum Gasteiger partial charge on any atom is 0.161 e. The van der Waals surface area contributed by atoms with Gasteiger partial charge in [0.2, 0.25) is 0 Å². The Morgan fingerprint density at radius 2 is 0.691 bits per heavy atom. The topological polar surface area (TPSA) is 25.8 Å². The molecule has 0 amide bonds. The lowest BCUT2D eigenvalue weighted by atomic mass is 9.91. The highest BCUT2D eigenvalue weighted by atomic mass is 32.1. The Balaban J connectivity index is 1.05. The lowest BCUT2D eigenvalue weighted by molar-refractivity contribution is 1.24. The molecule has 3 heteroatoms. The van der Waals surface area contributed by atoms with Gasteiger partial charge in [0.25, 0.3) is 0 Å². The highest BCUT2D eigenvalue weighted by Gasteiger charge is 2.17. The monoisotopic (exact) mass is 718 g/mol. The third-order valence-electron chi connectivity index (χ3n) is 10.3. The first kappa shape index (κ1) is 32.7. The molecule has 55 heavy (non-hydrogen) atoms. The Kier molecular flexibility index (Phi) is 8.40. The summed E-state index contributed by atoms with van der Waals surface area (Å²) in [5.74, 6) is 0.731. The van der Waals surface area contributed by atoms with Crippen LogP contribution in [0.2, 0.25) is 0 Å². The molecule has 0 saturated carbocycles. The van der Waals surface area contributed by atoms with Crippen molar-refractivity contribution in [3.63, 3.8) is 0 Å². The molecule has 10 rings (SSSR count). The van der Waals surface area contributed by atoms with Crippen molar-refractivity contribution in [3.05, 3.63) is 206 Å². The molecule has 2 nitrogen and oxygen atoms in total. The fourth-order valence-corrected chi connectivity index (χ4v) is 8.59. The molecule has 2 heterocycles. The van der Waals surface area contributed by atoms with Crippen LogP contribution in [-0.4, -0.2) is 9.97 Å². The van der Waals surface area contributed by atoms with Crippen molar-refractivity contribution in [2.24, 2.45) is 0 Å². The first-order valence-electron chi connectivity index (χ1n) is 18.6. The summed E-state index contributed by atoms with van der Waals surface area (Å²) < 4.78 is 1.22. The van der Waals surface area contributed by atoms with Crippen molar-refractivity contribution in [2.75, 3.05) is 0 Å². The van der Waals surface area contributed by atoms with Crippen molar-refractivity contribution in [1.82, 2.24) is 9.97 Å². The van der Waals surface area contributed by atoms with E-state index < -0.39 is 0 Å². The largest absolute Gasteiger partial charge is 0.227 e. The van der Waals surface area contributed by atoms with Crippen LogP contribution in [0.15, 0.2) is 206 Å². The van der Waals surface area contributed by atoms with Crippen LogP contribution >= 0.6 is 11.3 Å². The third kappa shape index (κ3) is 6.41. The van der Waals surface area contributed by atoms with Crippen LogP contribution in [0.4, 0.5) is 0 Å². The number of rotatable bonds is 7. The summed E-state index contributed by atoms with van der Waals surface area (Å²) in [7, 11) is 0. The number of hydrogen-bond donors (Lipinski definition) is 0. The van der Waals surface area contributed by atoms with Crippen LogP contribution in [0, 0.1) is 0 Å². The fourth-order valence-electron chi connectivity index (χ4n) is 7.52. The van der Waals surface area contributed by atoms with E-state index in [0.29, 0.717) is 0 Å². The highest BCUT2D eigenvalue weighted by Crippen LogP contribution is 2.40. The molecular weight excluding hydrogens is 685 g/mol. The predicted molar refractivity (Wildman–Crippen MR) is 233 cm³/mol. The van der Waals surface area contributed by atoms with Crippen molar-refractivity contribution in [3.8, 4) is 78.3 Å². The van der Waals surface area contributed by atoms with Crippen LogP contribution in [0.25, 0.3) is 98.6 Å². The van der Waals surface area contributed by atoms with Gasteiger partial charge in [-0.15, -0.1) is 11.3 Å². The highest BCUT2D eigenvalue weighted by molar-refractivity contribution is 7.25. The standard InChI is InChI=1S/C52H34N2S/c1-4-14-35(15-5-1)37-26-28-38(29-27-37)45-32-44(36-16-6-2-7-17-36)33-46(34-45)42-22-12-20-40(30-42)41-21-13-23-43(31-41)51-53-50(39-18-8-3-9-19-39)49-47-24-10-11-25-48(47)55-52(49)54-51/h1-34H. The molecule has 10 aromatic rings. The maximum absolute atomic E-state index is 5.26. The van der Waals surface area contributed by atoms with E-state index in [0.717, 1.165) is 49.6 Å². The van der Waals surface area contributed by atoms with Crippen molar-refractivity contribution in [1.29, 1.82) is 0 Å². The van der Waals surface area contributed by atoms with Gasteiger partial charge in [-0.1, -0.05) is 170 Å². The van der Waals surface area contributed by atoms with Crippen molar-refractivity contribution >= 4 is 31.6 Å². The second kappa shape index (κ2) is 14.1. The van der Waals surface area contributed by atoms with Crippen LogP contribution < -0.4 is 0 Å². The van der Waals surface area contributed by atoms with Crippen LogP contribution in [0.3, 0.4) is 0 Å². The van der Waals surface area contributed by atoms with E-state index >= 15 is 0 Å². The van der Waals surface area contributed by atoms with Gasteiger partial charge in [-0.3, -0.25) is 0 Å². The molecule has 0 bridgehead atoms. The predicted octanol–water partition coefficient (Wildman–Crippen LogP) is 14.5. The van der Waals surface area contributed by atoms with E-state index in [1.807, 2.05) is 6.07 Å². The van der Waals surface area contributed by atoms with E-state index in [-0.39, 0.29) is 0 Å². The summed E-state index contributed by atoms with van der Waals surface area (Å²) in [4.78, 5) is 11.4. The number of aromatic nitrogens is 2. The first-order chi connectivity index (χ1) is 27.2. The van der Waals surface area contributed by atoms with E-state index in [2.05, 4.69) is 200 Å². The van der Waals surface area contributed by atoms with Gasteiger partial charge in [0.1, 0.15) is 4.83 Å². The Morgan fingerprint density at radius 1 is 0.291 bits per heavy atom. The number of fused-ring (bicyclic) bond motifs is 3. The second-order valence-electron chi connectivity index (χ2n) is 13.8. The van der Waals surface area contributed by atoms with Gasteiger partial charge < -0.3 is 0 Å². The molecule has 0 N–H and O–H groups in total. The summed E-state index contributed by atoms with van der Waals surface area (Å²) in [5.41, 5.74) is 14.8. The summed E-state index contributed by atoms with van der Waals surface area (Å²) >= 11 is 1.73. The second-order valence-corrected chi connectivity index (χ2v) is 14.8. The molecule has 258 valence electrons. The molecule has 0 unspecified atom stereocenters. The van der Waals surface area contributed by atoms with Crippen LogP contribution in [0.1, 0.15) is 0 Å². The zero-order valence-electron chi connectivity index (χ0n) is 29.9. The lowest BCUT2D eigenvalue weighted by Crippen LogP contribution is -1.94. The SMILES string of the molecule is c1ccc(-c2ccc(-c3cc(-c4ccccc4)cc(-c4cccc(-c5cccc(-c6nc(-c7ccccc7)c7c(n6)sc6ccccc67)c5)c4)c3)cc2)cc1. The third-order valence-corrected chi connectivity index (χ3v) is 11.4. The van der Waals surface area contributed by atoms with Crippen LogP contribution in [0.5, 0.6) is 0 Å². The number of thiophene rings is 1. The van der Waals surface area contributed by atoms with Gasteiger partial charge in [0.05, 0.1) is 5.69 Å². The molecule has 0 atom stereocenters. The quantitative estimate of drug-likeness (QED) is 0.164.